The Kier molecular flexibility index (Phi) is 5.58. The Morgan fingerprint density at radius 2 is 2.15 bits per heavy atom. The Morgan fingerprint density at radius 1 is 1.40 bits per heavy atom. The van der Waals surface area contributed by atoms with E-state index in [9.17, 15) is 4.39 Å². The van der Waals surface area contributed by atoms with Gasteiger partial charge in [0.05, 0.1) is 0 Å². The van der Waals surface area contributed by atoms with Crippen molar-refractivity contribution < 1.29 is 4.39 Å². The van der Waals surface area contributed by atoms with E-state index in [1.807, 2.05) is 6.07 Å². The van der Waals surface area contributed by atoms with Crippen molar-refractivity contribution in [3.05, 3.63) is 34.1 Å². The lowest BCUT2D eigenvalue weighted by Gasteiger charge is -2.43. The van der Waals surface area contributed by atoms with Crippen LogP contribution in [0.5, 0.6) is 0 Å². The first-order valence-electron chi connectivity index (χ1n) is 7.50. The third-order valence-electron chi connectivity index (χ3n) is 4.42. The van der Waals surface area contributed by atoms with Crippen molar-refractivity contribution in [1.29, 1.82) is 0 Å². The van der Waals surface area contributed by atoms with Crippen molar-refractivity contribution in [2.45, 2.75) is 51.7 Å². The zero-order valence-electron chi connectivity index (χ0n) is 12.5. The number of hydrogen-bond donors (Lipinski definition) is 1. The minimum Gasteiger partial charge on any atom is -0.311 e. The first-order valence-corrected chi connectivity index (χ1v) is 8.30. The molecule has 0 amide bonds. The van der Waals surface area contributed by atoms with E-state index in [0.717, 1.165) is 30.4 Å². The molecule has 3 atom stereocenters. The van der Waals surface area contributed by atoms with Gasteiger partial charge in [0.1, 0.15) is 5.82 Å². The minimum absolute atomic E-state index is 0.188. The molecule has 1 aliphatic heterocycles. The molecule has 3 unspecified atom stereocenters. The summed E-state index contributed by atoms with van der Waals surface area (Å²) in [6.45, 7) is 8.77. The predicted molar refractivity (Wildman–Crippen MR) is 85.4 cm³/mol. The summed E-state index contributed by atoms with van der Waals surface area (Å²) in [6, 6.07) is 6.42. The van der Waals surface area contributed by atoms with Crippen LogP contribution in [-0.2, 0) is 0 Å². The molecule has 1 aromatic carbocycles. The van der Waals surface area contributed by atoms with Gasteiger partial charge in [0, 0.05) is 35.7 Å². The quantitative estimate of drug-likeness (QED) is 0.885. The zero-order valence-corrected chi connectivity index (χ0v) is 14.1. The number of rotatable bonds is 4. The average Bonchev–Trinajstić information content (AvgIpc) is 2.46. The number of nitrogens with zero attached hydrogens (tertiary/aromatic N) is 1. The van der Waals surface area contributed by atoms with Crippen molar-refractivity contribution in [3.8, 4) is 0 Å². The maximum absolute atomic E-state index is 13.3. The Balaban J connectivity index is 2.21. The number of nitrogens with one attached hydrogen (secondary N) is 1. The topological polar surface area (TPSA) is 15.3 Å². The maximum atomic E-state index is 13.3. The van der Waals surface area contributed by atoms with Crippen molar-refractivity contribution in [3.63, 3.8) is 0 Å². The molecule has 1 aromatic rings. The van der Waals surface area contributed by atoms with Crippen LogP contribution in [0.3, 0.4) is 0 Å². The molecule has 1 aliphatic rings. The van der Waals surface area contributed by atoms with Gasteiger partial charge in [0.25, 0.3) is 0 Å². The van der Waals surface area contributed by atoms with Gasteiger partial charge in [0.2, 0.25) is 0 Å². The lowest BCUT2D eigenvalue weighted by molar-refractivity contribution is 0.0847. The summed E-state index contributed by atoms with van der Waals surface area (Å²) in [4.78, 5) is 2.56. The van der Waals surface area contributed by atoms with Crippen LogP contribution in [0, 0.1) is 5.82 Å². The highest BCUT2D eigenvalue weighted by Gasteiger charge is 2.30. The number of benzene rings is 1. The van der Waals surface area contributed by atoms with Crippen LogP contribution >= 0.6 is 15.9 Å². The maximum Gasteiger partial charge on any atom is 0.124 e. The molecule has 0 radical (unpaired) electrons. The van der Waals surface area contributed by atoms with E-state index in [1.54, 1.807) is 12.1 Å². The standard InChI is InChI=1S/C16H24BrFN2/c1-4-13-10-20(14(5-2)9-19-13)11(3)15-7-6-12(18)8-16(15)17/h6-8,11,13-14,19H,4-5,9-10H2,1-3H3. The van der Waals surface area contributed by atoms with Gasteiger partial charge >= 0.3 is 0 Å². The van der Waals surface area contributed by atoms with Crippen LogP contribution in [0.25, 0.3) is 0 Å². The van der Waals surface area contributed by atoms with E-state index in [0.29, 0.717) is 18.1 Å². The number of hydrogen-bond acceptors (Lipinski definition) is 2. The van der Waals surface area contributed by atoms with Crippen molar-refractivity contribution in [1.82, 2.24) is 10.2 Å². The number of halogens is 2. The van der Waals surface area contributed by atoms with E-state index in [2.05, 4.69) is 46.9 Å². The van der Waals surface area contributed by atoms with Gasteiger partial charge in [-0.3, -0.25) is 4.90 Å². The Hall–Kier alpha value is -0.450. The fourth-order valence-corrected chi connectivity index (χ4v) is 3.72. The van der Waals surface area contributed by atoms with Crippen molar-refractivity contribution in [2.75, 3.05) is 13.1 Å². The Morgan fingerprint density at radius 3 is 2.75 bits per heavy atom. The number of piperazine rings is 1. The van der Waals surface area contributed by atoms with E-state index >= 15 is 0 Å². The van der Waals surface area contributed by atoms with E-state index in [1.165, 1.54) is 5.56 Å². The molecule has 0 saturated carbocycles. The molecule has 1 heterocycles. The average molecular weight is 343 g/mol. The molecule has 1 fully saturated rings. The van der Waals surface area contributed by atoms with Crippen molar-refractivity contribution >= 4 is 15.9 Å². The highest BCUT2D eigenvalue weighted by Crippen LogP contribution is 2.31. The fourth-order valence-electron chi connectivity index (χ4n) is 3.03. The fraction of sp³-hybridized carbons (Fsp3) is 0.625. The lowest BCUT2D eigenvalue weighted by Crippen LogP contribution is -2.56. The summed E-state index contributed by atoms with van der Waals surface area (Å²) in [7, 11) is 0. The van der Waals surface area contributed by atoms with Crippen LogP contribution in [0.4, 0.5) is 4.39 Å². The smallest absolute Gasteiger partial charge is 0.124 e. The minimum atomic E-state index is -0.188. The molecular weight excluding hydrogens is 319 g/mol. The molecule has 0 spiro atoms. The molecule has 2 rings (SSSR count). The van der Waals surface area contributed by atoms with Crippen LogP contribution in [0.2, 0.25) is 0 Å². The molecule has 1 N–H and O–H groups in total. The van der Waals surface area contributed by atoms with Gasteiger partial charge in [0.15, 0.2) is 0 Å². The third-order valence-corrected chi connectivity index (χ3v) is 5.10. The lowest BCUT2D eigenvalue weighted by atomic mass is 9.99. The highest BCUT2D eigenvalue weighted by atomic mass is 79.9. The second-order valence-corrected chi connectivity index (χ2v) is 6.47. The summed E-state index contributed by atoms with van der Waals surface area (Å²) in [5.41, 5.74) is 1.17. The van der Waals surface area contributed by atoms with Crippen molar-refractivity contribution in [2.24, 2.45) is 0 Å². The predicted octanol–water partition coefficient (Wildman–Crippen LogP) is 4.11. The normalized spacial score (nSPS) is 25.6. The highest BCUT2D eigenvalue weighted by molar-refractivity contribution is 9.10. The van der Waals surface area contributed by atoms with Gasteiger partial charge in [-0.25, -0.2) is 4.39 Å². The molecule has 0 aromatic heterocycles. The summed E-state index contributed by atoms with van der Waals surface area (Å²) < 4.78 is 14.1. The van der Waals surface area contributed by atoms with Crippen LogP contribution < -0.4 is 5.32 Å². The van der Waals surface area contributed by atoms with E-state index in [-0.39, 0.29) is 5.82 Å². The monoisotopic (exact) mass is 342 g/mol. The molecule has 2 nitrogen and oxygen atoms in total. The summed E-state index contributed by atoms with van der Waals surface area (Å²) in [5.74, 6) is -0.188. The summed E-state index contributed by atoms with van der Waals surface area (Å²) in [5, 5.41) is 3.62. The molecule has 112 valence electrons. The first-order chi connectivity index (χ1) is 9.56. The second-order valence-electron chi connectivity index (χ2n) is 5.61. The Bertz CT molecular complexity index is 452. The SMILES string of the molecule is CCC1CN(C(C)c2ccc(F)cc2Br)C(CC)CN1. The molecule has 4 heteroatoms. The van der Waals surface area contributed by atoms with E-state index < -0.39 is 0 Å². The molecular formula is C16H24BrFN2. The van der Waals surface area contributed by atoms with Gasteiger partial charge in [-0.15, -0.1) is 0 Å². The van der Waals surface area contributed by atoms with Gasteiger partial charge in [-0.2, -0.15) is 0 Å². The molecule has 0 bridgehead atoms. The first kappa shape index (κ1) is 15.9. The summed E-state index contributed by atoms with van der Waals surface area (Å²) in [6.07, 6.45) is 2.27. The largest absolute Gasteiger partial charge is 0.311 e. The van der Waals surface area contributed by atoms with Crippen LogP contribution in [0.15, 0.2) is 22.7 Å². The zero-order chi connectivity index (χ0) is 14.7. The van der Waals surface area contributed by atoms with Gasteiger partial charge in [-0.1, -0.05) is 35.8 Å². The van der Waals surface area contributed by atoms with Gasteiger partial charge < -0.3 is 5.32 Å². The Labute approximate surface area is 129 Å². The molecule has 20 heavy (non-hydrogen) atoms. The van der Waals surface area contributed by atoms with Gasteiger partial charge in [-0.05, 0) is 37.5 Å². The van der Waals surface area contributed by atoms with E-state index in [4.69, 9.17) is 0 Å². The second kappa shape index (κ2) is 7.01. The van der Waals surface area contributed by atoms with Crippen LogP contribution in [0.1, 0.15) is 45.2 Å². The molecule has 0 aliphatic carbocycles. The molecule has 1 saturated heterocycles. The summed E-state index contributed by atoms with van der Waals surface area (Å²) >= 11 is 3.51. The third kappa shape index (κ3) is 3.41. The van der Waals surface area contributed by atoms with Crippen LogP contribution in [-0.4, -0.2) is 30.1 Å².